The van der Waals surface area contributed by atoms with Crippen molar-refractivity contribution in [2.45, 2.75) is 65.3 Å². The minimum Gasteiger partial charge on any atom is -0.497 e. The van der Waals surface area contributed by atoms with E-state index in [1.807, 2.05) is 24.3 Å². The van der Waals surface area contributed by atoms with Crippen LogP contribution in [0.4, 0.5) is 0 Å². The van der Waals surface area contributed by atoms with Gasteiger partial charge >= 0.3 is 0 Å². The lowest BCUT2D eigenvalue weighted by atomic mass is 10.1. The van der Waals surface area contributed by atoms with Crippen molar-refractivity contribution in [2.24, 2.45) is 5.73 Å². The fourth-order valence-electron chi connectivity index (χ4n) is 2.27. The third kappa shape index (κ3) is 12.6. The molecule has 0 aromatic heterocycles. The van der Waals surface area contributed by atoms with Crippen molar-refractivity contribution < 1.29 is 9.53 Å². The molecule has 4 nitrogen and oxygen atoms in total. The molecule has 144 valence electrons. The van der Waals surface area contributed by atoms with Crippen LogP contribution in [0.3, 0.4) is 0 Å². The van der Waals surface area contributed by atoms with E-state index in [1.54, 1.807) is 7.11 Å². The van der Waals surface area contributed by atoms with Crippen LogP contribution in [-0.4, -0.2) is 44.0 Å². The average molecular weight is 351 g/mol. The van der Waals surface area contributed by atoms with E-state index in [0.717, 1.165) is 37.2 Å². The maximum atomic E-state index is 11.9. The molecule has 0 saturated carbocycles. The summed E-state index contributed by atoms with van der Waals surface area (Å²) in [5.74, 6) is 1.01. The van der Waals surface area contributed by atoms with Crippen LogP contribution in [0.15, 0.2) is 24.3 Å². The van der Waals surface area contributed by atoms with Gasteiger partial charge in [-0.15, -0.1) is 0 Å². The van der Waals surface area contributed by atoms with Crippen molar-refractivity contribution in [3.8, 4) is 5.75 Å². The first kappa shape index (κ1) is 23.6. The van der Waals surface area contributed by atoms with E-state index < -0.39 is 0 Å². The first-order chi connectivity index (χ1) is 11.9. The van der Waals surface area contributed by atoms with Crippen LogP contribution in [0.2, 0.25) is 0 Å². The van der Waals surface area contributed by atoms with Crippen molar-refractivity contribution in [3.63, 3.8) is 0 Å². The topological polar surface area (TPSA) is 55.6 Å². The van der Waals surface area contributed by atoms with E-state index in [-0.39, 0.29) is 5.78 Å². The number of unbranched alkanes of at least 4 members (excludes halogenated alkanes) is 2. The first-order valence-corrected chi connectivity index (χ1v) is 9.55. The number of benzene rings is 1. The van der Waals surface area contributed by atoms with E-state index in [9.17, 15) is 4.79 Å². The second kappa shape index (κ2) is 14.9. The molecule has 0 spiro atoms. The lowest BCUT2D eigenvalue weighted by molar-refractivity contribution is 0.0978. The van der Waals surface area contributed by atoms with E-state index in [0.29, 0.717) is 12.5 Å². The van der Waals surface area contributed by atoms with Crippen molar-refractivity contribution in [3.05, 3.63) is 29.8 Å². The molecule has 4 heteroatoms. The lowest BCUT2D eigenvalue weighted by Gasteiger charge is -2.12. The van der Waals surface area contributed by atoms with Gasteiger partial charge in [-0.3, -0.25) is 4.79 Å². The highest BCUT2D eigenvalue weighted by atomic mass is 16.5. The Kier molecular flexibility index (Phi) is 14.1. The summed E-state index contributed by atoms with van der Waals surface area (Å²) < 4.78 is 5.07. The van der Waals surface area contributed by atoms with E-state index in [2.05, 4.69) is 32.7 Å². The fraction of sp³-hybridized carbons (Fsp3) is 0.667. The van der Waals surface area contributed by atoms with Crippen LogP contribution in [0.5, 0.6) is 5.75 Å². The van der Waals surface area contributed by atoms with Crippen molar-refractivity contribution in [1.29, 1.82) is 0 Å². The van der Waals surface area contributed by atoms with Gasteiger partial charge in [0.2, 0.25) is 0 Å². The Morgan fingerprint density at radius 3 is 2.24 bits per heavy atom. The van der Waals surface area contributed by atoms with Gasteiger partial charge in [0.05, 0.1) is 7.11 Å². The van der Waals surface area contributed by atoms with Gasteiger partial charge in [-0.2, -0.15) is 0 Å². The molecule has 1 aromatic carbocycles. The Hall–Kier alpha value is -1.39. The maximum absolute atomic E-state index is 11.9. The number of Topliss-reactive ketones (excluding diaryl/α,β-unsaturated/α-hetero) is 1. The molecule has 1 aromatic rings. The number of rotatable bonds is 11. The second-order valence-electron chi connectivity index (χ2n) is 6.62. The Bertz CT molecular complexity index is 444. The Balaban J connectivity index is 0.000000697. The molecule has 0 saturated heterocycles. The van der Waals surface area contributed by atoms with Gasteiger partial charge < -0.3 is 15.4 Å². The second-order valence-corrected chi connectivity index (χ2v) is 6.62. The van der Waals surface area contributed by atoms with Crippen LogP contribution >= 0.6 is 0 Å². The van der Waals surface area contributed by atoms with Gasteiger partial charge in [-0.05, 0) is 70.6 Å². The summed E-state index contributed by atoms with van der Waals surface area (Å²) in [5, 5.41) is 0. The summed E-state index contributed by atoms with van der Waals surface area (Å²) in [4.78, 5) is 14.2. The van der Waals surface area contributed by atoms with Crippen LogP contribution in [0, 0.1) is 0 Å². The van der Waals surface area contributed by atoms with Crippen molar-refractivity contribution in [1.82, 2.24) is 4.90 Å². The number of hydrogen-bond donors (Lipinski definition) is 1. The zero-order valence-corrected chi connectivity index (χ0v) is 16.9. The maximum Gasteiger partial charge on any atom is 0.162 e. The fourth-order valence-corrected chi connectivity index (χ4v) is 2.27. The summed E-state index contributed by atoms with van der Waals surface area (Å²) in [6.45, 7) is 8.50. The van der Waals surface area contributed by atoms with Crippen LogP contribution < -0.4 is 10.5 Å². The molecule has 0 aliphatic heterocycles. The molecule has 0 amide bonds. The SMILES string of the molecule is CCCCC(C)N.CCN(C)CCCCC(=O)c1ccc(OC)cc1. The van der Waals surface area contributed by atoms with Crippen LogP contribution in [-0.2, 0) is 0 Å². The minimum absolute atomic E-state index is 0.219. The highest BCUT2D eigenvalue weighted by Crippen LogP contribution is 2.13. The highest BCUT2D eigenvalue weighted by Gasteiger charge is 2.05. The summed E-state index contributed by atoms with van der Waals surface area (Å²) in [7, 11) is 3.73. The molecule has 0 bridgehead atoms. The van der Waals surface area contributed by atoms with E-state index in [4.69, 9.17) is 10.5 Å². The van der Waals surface area contributed by atoms with Gasteiger partial charge in [-0.25, -0.2) is 0 Å². The predicted molar refractivity (Wildman–Crippen MR) is 108 cm³/mol. The van der Waals surface area contributed by atoms with Crippen molar-refractivity contribution >= 4 is 5.78 Å². The third-order valence-corrected chi connectivity index (χ3v) is 4.16. The number of ketones is 1. The summed E-state index contributed by atoms with van der Waals surface area (Å²) in [5.41, 5.74) is 6.26. The molecule has 0 aliphatic rings. The van der Waals surface area contributed by atoms with Gasteiger partial charge in [0, 0.05) is 18.0 Å². The summed E-state index contributed by atoms with van der Waals surface area (Å²) in [6, 6.07) is 7.73. The van der Waals surface area contributed by atoms with Gasteiger partial charge in [0.1, 0.15) is 5.75 Å². The Labute approximate surface area is 154 Å². The van der Waals surface area contributed by atoms with Crippen LogP contribution in [0.25, 0.3) is 0 Å². The number of methoxy groups -OCH3 is 1. The molecule has 1 atom stereocenters. The van der Waals surface area contributed by atoms with Gasteiger partial charge in [-0.1, -0.05) is 26.7 Å². The third-order valence-electron chi connectivity index (χ3n) is 4.16. The Morgan fingerprint density at radius 2 is 1.80 bits per heavy atom. The molecule has 1 rings (SSSR count). The quantitative estimate of drug-likeness (QED) is 0.471. The standard InChI is InChI=1S/C15H23NO2.C6H15N/c1-4-16(2)12-6-5-7-15(17)13-8-10-14(18-3)11-9-13;1-3-4-5-6(2)7/h8-11H,4-7,12H2,1-3H3;6H,3-5,7H2,1-2H3. The Morgan fingerprint density at radius 1 is 1.16 bits per heavy atom. The average Bonchev–Trinajstić information content (AvgIpc) is 2.63. The molecule has 0 radical (unpaired) electrons. The van der Waals surface area contributed by atoms with Gasteiger partial charge in [0.25, 0.3) is 0 Å². The molecule has 2 N–H and O–H groups in total. The molecule has 25 heavy (non-hydrogen) atoms. The number of nitrogens with two attached hydrogens (primary N) is 1. The minimum atomic E-state index is 0.219. The number of hydrogen-bond acceptors (Lipinski definition) is 4. The van der Waals surface area contributed by atoms with Crippen LogP contribution in [0.1, 0.15) is 69.7 Å². The van der Waals surface area contributed by atoms with E-state index >= 15 is 0 Å². The van der Waals surface area contributed by atoms with Crippen molar-refractivity contribution in [2.75, 3.05) is 27.2 Å². The van der Waals surface area contributed by atoms with E-state index in [1.165, 1.54) is 19.3 Å². The summed E-state index contributed by atoms with van der Waals surface area (Å²) in [6.07, 6.45) is 6.38. The molecule has 0 heterocycles. The molecule has 1 unspecified atom stereocenters. The zero-order chi connectivity index (χ0) is 19.1. The number of nitrogens with zero attached hydrogens (tertiary/aromatic N) is 1. The molecule has 0 fully saturated rings. The number of carbonyl (C=O) groups is 1. The highest BCUT2D eigenvalue weighted by molar-refractivity contribution is 5.96. The smallest absolute Gasteiger partial charge is 0.162 e. The van der Waals surface area contributed by atoms with Gasteiger partial charge in [0.15, 0.2) is 5.78 Å². The monoisotopic (exact) mass is 350 g/mol. The first-order valence-electron chi connectivity index (χ1n) is 9.55. The molecule has 0 aliphatic carbocycles. The molecular weight excluding hydrogens is 312 g/mol. The normalized spacial score (nSPS) is 11.6. The molecular formula is C21H38N2O2. The lowest BCUT2D eigenvalue weighted by Crippen LogP contribution is -2.18. The zero-order valence-electron chi connectivity index (χ0n) is 16.9. The largest absolute Gasteiger partial charge is 0.497 e. The summed E-state index contributed by atoms with van der Waals surface area (Å²) >= 11 is 0. The number of carbonyl (C=O) groups excluding carboxylic acids is 1. The number of ether oxygens (including phenoxy) is 1. The predicted octanol–water partition coefficient (Wildman–Crippen LogP) is 4.52.